The smallest absolute Gasteiger partial charge is 0.305 e. The second kappa shape index (κ2) is 10.6. The van der Waals surface area contributed by atoms with E-state index in [-0.39, 0.29) is 5.97 Å². The molecule has 0 saturated carbocycles. The first-order valence-electron chi connectivity index (χ1n) is 8.32. The number of nitrogens with one attached hydrogen (secondary N) is 1. The maximum atomic E-state index is 11.2. The van der Waals surface area contributed by atoms with Gasteiger partial charge in [0.1, 0.15) is 0 Å². The lowest BCUT2D eigenvalue weighted by molar-refractivity contribution is -0.143. The second-order valence-electron chi connectivity index (χ2n) is 5.66. The first kappa shape index (κ1) is 19.0. The highest BCUT2D eigenvalue weighted by molar-refractivity contribution is 5.92. The number of ether oxygens (including phenoxy) is 1. The predicted octanol–water partition coefficient (Wildman–Crippen LogP) is 3.54. The zero-order valence-corrected chi connectivity index (χ0v) is 14.5. The third-order valence-electron chi connectivity index (χ3n) is 3.66. The summed E-state index contributed by atoms with van der Waals surface area (Å²) in [4.78, 5) is 15.5. The van der Waals surface area contributed by atoms with Crippen LogP contribution in [0.5, 0.6) is 0 Å². The summed E-state index contributed by atoms with van der Waals surface area (Å²) in [6.45, 7) is 7.14. The molecular formula is C18H29N3O2. The van der Waals surface area contributed by atoms with Crippen molar-refractivity contribution in [1.82, 2.24) is 0 Å². The molecule has 0 unspecified atom stereocenters. The first-order valence-corrected chi connectivity index (χ1v) is 8.32. The molecule has 0 aromatic heterocycles. The van der Waals surface area contributed by atoms with E-state index in [9.17, 15) is 4.79 Å². The molecule has 1 aromatic rings. The van der Waals surface area contributed by atoms with Crippen molar-refractivity contribution in [2.75, 3.05) is 18.5 Å². The maximum Gasteiger partial charge on any atom is 0.305 e. The summed E-state index contributed by atoms with van der Waals surface area (Å²) in [5, 5.41) is 3.11. The number of nitrogens with two attached hydrogens (primary N) is 1. The molecule has 23 heavy (non-hydrogen) atoms. The lowest BCUT2D eigenvalue weighted by Crippen LogP contribution is -2.22. The first-order chi connectivity index (χ1) is 11.0. The number of hydrogen-bond donors (Lipinski definition) is 2. The van der Waals surface area contributed by atoms with Gasteiger partial charge in [-0.3, -0.25) is 9.79 Å². The molecule has 0 atom stereocenters. The van der Waals surface area contributed by atoms with Gasteiger partial charge in [-0.15, -0.1) is 0 Å². The normalized spacial score (nSPS) is 11.3. The van der Waals surface area contributed by atoms with Crippen LogP contribution in [-0.4, -0.2) is 25.1 Å². The SMILES string of the molecule is CCOC(=O)CCCCCCN=C(N)Nc1ccc(C)c(C)c1. The molecule has 3 N–H and O–H groups in total. The van der Waals surface area contributed by atoms with E-state index in [0.29, 0.717) is 25.5 Å². The van der Waals surface area contributed by atoms with Crippen molar-refractivity contribution in [3.05, 3.63) is 29.3 Å². The number of carbonyl (C=O) groups is 1. The van der Waals surface area contributed by atoms with Crippen molar-refractivity contribution in [3.63, 3.8) is 0 Å². The van der Waals surface area contributed by atoms with Gasteiger partial charge in [0.15, 0.2) is 5.96 Å². The van der Waals surface area contributed by atoms with Gasteiger partial charge in [-0.05, 0) is 56.9 Å². The van der Waals surface area contributed by atoms with E-state index in [1.165, 1.54) is 11.1 Å². The van der Waals surface area contributed by atoms with E-state index >= 15 is 0 Å². The summed E-state index contributed by atoms with van der Waals surface area (Å²) in [6, 6.07) is 6.13. The number of carbonyl (C=O) groups excluding carboxylic acids is 1. The van der Waals surface area contributed by atoms with Crippen LogP contribution in [-0.2, 0) is 9.53 Å². The zero-order chi connectivity index (χ0) is 17.1. The van der Waals surface area contributed by atoms with Gasteiger partial charge >= 0.3 is 5.97 Å². The topological polar surface area (TPSA) is 76.7 Å². The lowest BCUT2D eigenvalue weighted by atomic mass is 10.1. The Hall–Kier alpha value is -2.04. The molecule has 128 valence electrons. The highest BCUT2D eigenvalue weighted by Crippen LogP contribution is 2.13. The fraction of sp³-hybridized carbons (Fsp3) is 0.556. The Bertz CT molecular complexity index is 527. The number of benzene rings is 1. The molecule has 5 nitrogen and oxygen atoms in total. The van der Waals surface area contributed by atoms with Crippen molar-refractivity contribution >= 4 is 17.6 Å². The molecule has 0 spiro atoms. The number of hydrogen-bond acceptors (Lipinski definition) is 3. The van der Waals surface area contributed by atoms with Crippen LogP contribution >= 0.6 is 0 Å². The van der Waals surface area contributed by atoms with Crippen LogP contribution in [0.3, 0.4) is 0 Å². The molecule has 0 bridgehead atoms. The molecule has 1 aromatic carbocycles. The zero-order valence-electron chi connectivity index (χ0n) is 14.5. The van der Waals surface area contributed by atoms with Crippen LogP contribution in [0.15, 0.2) is 23.2 Å². The van der Waals surface area contributed by atoms with Crippen LogP contribution in [0.25, 0.3) is 0 Å². The van der Waals surface area contributed by atoms with Gasteiger partial charge in [0.2, 0.25) is 0 Å². The van der Waals surface area contributed by atoms with Crippen molar-refractivity contribution in [3.8, 4) is 0 Å². The molecular weight excluding hydrogens is 290 g/mol. The molecule has 0 heterocycles. The van der Waals surface area contributed by atoms with Gasteiger partial charge in [0, 0.05) is 18.7 Å². The van der Waals surface area contributed by atoms with E-state index in [1.54, 1.807) is 0 Å². The van der Waals surface area contributed by atoms with Gasteiger partial charge in [-0.2, -0.15) is 0 Å². The lowest BCUT2D eigenvalue weighted by Gasteiger charge is -2.08. The Morgan fingerprint density at radius 2 is 1.91 bits per heavy atom. The fourth-order valence-corrected chi connectivity index (χ4v) is 2.17. The van der Waals surface area contributed by atoms with E-state index in [0.717, 1.165) is 31.4 Å². The van der Waals surface area contributed by atoms with Crippen LogP contribution in [0.4, 0.5) is 5.69 Å². The predicted molar refractivity (Wildman–Crippen MR) is 95.7 cm³/mol. The minimum atomic E-state index is -0.104. The quantitative estimate of drug-likeness (QED) is 0.316. The van der Waals surface area contributed by atoms with Crippen molar-refractivity contribution in [2.45, 2.75) is 52.9 Å². The number of rotatable bonds is 9. The van der Waals surface area contributed by atoms with Crippen molar-refractivity contribution < 1.29 is 9.53 Å². The average Bonchev–Trinajstić information content (AvgIpc) is 2.50. The largest absolute Gasteiger partial charge is 0.466 e. The van der Waals surface area contributed by atoms with E-state index < -0.39 is 0 Å². The third-order valence-corrected chi connectivity index (χ3v) is 3.66. The molecule has 0 amide bonds. The van der Waals surface area contributed by atoms with Gasteiger partial charge in [-0.25, -0.2) is 0 Å². The minimum Gasteiger partial charge on any atom is -0.466 e. The highest BCUT2D eigenvalue weighted by Gasteiger charge is 2.01. The molecule has 5 heteroatoms. The molecule has 1 rings (SSSR count). The fourth-order valence-electron chi connectivity index (χ4n) is 2.17. The van der Waals surface area contributed by atoms with E-state index in [1.807, 2.05) is 13.0 Å². The minimum absolute atomic E-state index is 0.104. The highest BCUT2D eigenvalue weighted by atomic mass is 16.5. The second-order valence-corrected chi connectivity index (χ2v) is 5.66. The summed E-state index contributed by atoms with van der Waals surface area (Å²) in [6.07, 6.45) is 4.41. The summed E-state index contributed by atoms with van der Waals surface area (Å²) >= 11 is 0. The number of guanidine groups is 1. The number of unbranched alkanes of at least 4 members (excludes halogenated alkanes) is 3. The number of esters is 1. The standard InChI is InChI=1S/C18H29N3O2/c1-4-23-17(22)9-7-5-6-8-12-20-18(19)21-16-11-10-14(2)15(3)13-16/h10-11,13H,4-9,12H2,1-3H3,(H3,19,20,21). The Morgan fingerprint density at radius 3 is 2.61 bits per heavy atom. The Kier molecular flexibility index (Phi) is 8.80. The summed E-state index contributed by atoms with van der Waals surface area (Å²) in [7, 11) is 0. The molecule has 0 aliphatic heterocycles. The number of aliphatic imine (C=N–C) groups is 1. The van der Waals surface area contributed by atoms with Gasteiger partial charge in [0.25, 0.3) is 0 Å². The summed E-state index contributed by atoms with van der Waals surface area (Å²) in [5.41, 5.74) is 9.33. The Balaban J connectivity index is 2.17. The number of aryl methyl sites for hydroxylation is 2. The van der Waals surface area contributed by atoms with Crippen LogP contribution in [0.1, 0.15) is 50.2 Å². The van der Waals surface area contributed by atoms with Gasteiger partial charge in [-0.1, -0.05) is 18.9 Å². The number of anilines is 1. The van der Waals surface area contributed by atoms with Crippen molar-refractivity contribution in [2.24, 2.45) is 10.7 Å². The Morgan fingerprint density at radius 1 is 1.17 bits per heavy atom. The van der Waals surface area contributed by atoms with Gasteiger partial charge < -0.3 is 15.8 Å². The maximum absolute atomic E-state index is 11.2. The Labute approximate surface area is 139 Å². The van der Waals surface area contributed by atoms with E-state index in [2.05, 4.69) is 36.3 Å². The molecule has 0 fully saturated rings. The summed E-state index contributed by atoms with van der Waals surface area (Å²) in [5.74, 6) is 0.340. The third kappa shape index (κ3) is 8.24. The monoisotopic (exact) mass is 319 g/mol. The van der Waals surface area contributed by atoms with Gasteiger partial charge in [0.05, 0.1) is 6.61 Å². The van der Waals surface area contributed by atoms with E-state index in [4.69, 9.17) is 10.5 Å². The number of nitrogens with zero attached hydrogens (tertiary/aromatic N) is 1. The molecule has 0 aliphatic carbocycles. The summed E-state index contributed by atoms with van der Waals surface area (Å²) < 4.78 is 4.89. The molecule has 0 saturated heterocycles. The molecule has 0 radical (unpaired) electrons. The van der Waals surface area contributed by atoms with Crippen molar-refractivity contribution in [1.29, 1.82) is 0 Å². The van der Waals surface area contributed by atoms with Crippen LogP contribution in [0, 0.1) is 13.8 Å². The molecule has 0 aliphatic rings. The van der Waals surface area contributed by atoms with Crippen LogP contribution in [0.2, 0.25) is 0 Å². The van der Waals surface area contributed by atoms with Crippen LogP contribution < -0.4 is 11.1 Å². The average molecular weight is 319 g/mol.